The van der Waals surface area contributed by atoms with Gasteiger partial charge < -0.3 is 10.6 Å². The van der Waals surface area contributed by atoms with Crippen LogP contribution in [-0.2, 0) is 0 Å². The minimum Gasteiger partial charge on any atom is -0.370 e. The molecule has 0 radical (unpaired) electrons. The third-order valence-corrected chi connectivity index (χ3v) is 4.32. The summed E-state index contributed by atoms with van der Waals surface area (Å²) in [6.45, 7) is 0.621. The topological polar surface area (TPSA) is 41.6 Å². The number of hydrogen-bond donors (Lipinski definition) is 1. The van der Waals surface area contributed by atoms with Gasteiger partial charge in [0.15, 0.2) is 5.96 Å². The molecule has 0 saturated heterocycles. The van der Waals surface area contributed by atoms with Crippen molar-refractivity contribution in [3.63, 3.8) is 0 Å². The molecule has 3 nitrogen and oxygen atoms in total. The number of guanidine groups is 1. The van der Waals surface area contributed by atoms with E-state index in [1.165, 1.54) is 25.0 Å². The molecule has 0 amide bonds. The summed E-state index contributed by atoms with van der Waals surface area (Å²) in [6, 6.07) is 7.11. The Kier molecular flexibility index (Phi) is 3.59. The number of nitrogens with zero attached hydrogens (tertiary/aromatic N) is 2. The van der Waals surface area contributed by atoms with E-state index >= 15 is 0 Å². The Hall–Kier alpha value is -1.65. The standard InChI is InChI=1S/C15H19F2N3/c16-14(17)11-7-5-10(6-8-11)13-9-19-15(18)20(13)12-3-1-2-4-12/h5-8,12-14H,1-4,9H2,(H2,18,19). The molecule has 1 fully saturated rings. The largest absolute Gasteiger partial charge is 0.370 e. The van der Waals surface area contributed by atoms with E-state index in [4.69, 9.17) is 5.73 Å². The second kappa shape index (κ2) is 5.38. The van der Waals surface area contributed by atoms with E-state index in [1.54, 1.807) is 12.1 Å². The molecule has 1 aromatic carbocycles. The number of nitrogens with two attached hydrogens (primary N) is 1. The van der Waals surface area contributed by atoms with Crippen LogP contribution < -0.4 is 5.73 Å². The highest BCUT2D eigenvalue weighted by Crippen LogP contribution is 2.34. The van der Waals surface area contributed by atoms with Crippen molar-refractivity contribution in [1.82, 2.24) is 4.90 Å². The van der Waals surface area contributed by atoms with Crippen molar-refractivity contribution < 1.29 is 8.78 Å². The van der Waals surface area contributed by atoms with Crippen LogP contribution >= 0.6 is 0 Å². The second-order valence-electron chi connectivity index (χ2n) is 5.53. The molecule has 1 aromatic rings. The molecule has 1 atom stereocenters. The molecule has 1 saturated carbocycles. The molecule has 0 aromatic heterocycles. The van der Waals surface area contributed by atoms with Gasteiger partial charge in [0, 0.05) is 11.6 Å². The van der Waals surface area contributed by atoms with Crippen LogP contribution in [0.4, 0.5) is 8.78 Å². The van der Waals surface area contributed by atoms with Crippen molar-refractivity contribution in [3.8, 4) is 0 Å². The number of benzene rings is 1. The van der Waals surface area contributed by atoms with Gasteiger partial charge in [-0.25, -0.2) is 8.78 Å². The van der Waals surface area contributed by atoms with Crippen molar-refractivity contribution in [3.05, 3.63) is 35.4 Å². The van der Waals surface area contributed by atoms with Gasteiger partial charge in [-0.3, -0.25) is 4.99 Å². The van der Waals surface area contributed by atoms with E-state index in [2.05, 4.69) is 9.89 Å². The third kappa shape index (κ3) is 2.37. The van der Waals surface area contributed by atoms with E-state index in [0.717, 1.165) is 18.4 Å². The number of alkyl halides is 2. The first-order valence-electron chi connectivity index (χ1n) is 7.13. The quantitative estimate of drug-likeness (QED) is 0.923. The summed E-state index contributed by atoms with van der Waals surface area (Å²) < 4.78 is 25.2. The normalized spacial score (nSPS) is 23.6. The van der Waals surface area contributed by atoms with Gasteiger partial charge >= 0.3 is 0 Å². The maximum absolute atomic E-state index is 12.6. The monoisotopic (exact) mass is 279 g/mol. The fourth-order valence-electron chi connectivity index (χ4n) is 3.26. The Morgan fingerprint density at radius 3 is 2.40 bits per heavy atom. The predicted octanol–water partition coefficient (Wildman–Crippen LogP) is 3.24. The molecule has 2 aliphatic rings. The van der Waals surface area contributed by atoms with Crippen LogP contribution in [0.15, 0.2) is 29.3 Å². The lowest BCUT2D eigenvalue weighted by Crippen LogP contribution is -2.42. The fraction of sp³-hybridized carbons (Fsp3) is 0.533. The highest BCUT2D eigenvalue weighted by Gasteiger charge is 2.34. The lowest BCUT2D eigenvalue weighted by molar-refractivity contribution is 0.151. The minimum absolute atomic E-state index is 0.0630. The number of hydrogen-bond acceptors (Lipinski definition) is 3. The van der Waals surface area contributed by atoms with Gasteiger partial charge in [0.2, 0.25) is 0 Å². The van der Waals surface area contributed by atoms with Crippen molar-refractivity contribution in [1.29, 1.82) is 0 Å². The Balaban J connectivity index is 1.81. The van der Waals surface area contributed by atoms with Crippen molar-refractivity contribution in [2.45, 2.75) is 44.2 Å². The molecule has 20 heavy (non-hydrogen) atoms. The van der Waals surface area contributed by atoms with Crippen molar-refractivity contribution >= 4 is 5.96 Å². The van der Waals surface area contributed by atoms with E-state index in [-0.39, 0.29) is 11.6 Å². The van der Waals surface area contributed by atoms with Gasteiger partial charge in [-0.1, -0.05) is 37.1 Å². The van der Waals surface area contributed by atoms with E-state index in [1.807, 2.05) is 0 Å². The number of halogens is 2. The summed E-state index contributed by atoms with van der Waals surface area (Å²) in [5.74, 6) is 0.597. The molecule has 2 N–H and O–H groups in total. The van der Waals surface area contributed by atoms with Crippen LogP contribution in [0, 0.1) is 0 Å². The van der Waals surface area contributed by atoms with E-state index < -0.39 is 6.43 Å². The summed E-state index contributed by atoms with van der Waals surface area (Å²) >= 11 is 0. The summed E-state index contributed by atoms with van der Waals surface area (Å²) in [7, 11) is 0. The first kappa shape index (κ1) is 13.3. The fourth-order valence-corrected chi connectivity index (χ4v) is 3.26. The Morgan fingerprint density at radius 1 is 1.15 bits per heavy atom. The van der Waals surface area contributed by atoms with Gasteiger partial charge in [-0.2, -0.15) is 0 Å². The summed E-state index contributed by atoms with van der Waals surface area (Å²) in [6.07, 6.45) is 2.32. The van der Waals surface area contributed by atoms with Crippen LogP contribution in [0.3, 0.4) is 0 Å². The SMILES string of the molecule is NC1=NCC(c2ccc(C(F)F)cc2)N1C1CCCC1. The highest BCUT2D eigenvalue weighted by molar-refractivity contribution is 5.80. The Morgan fingerprint density at radius 2 is 1.80 bits per heavy atom. The first-order chi connectivity index (χ1) is 9.66. The average Bonchev–Trinajstić information content (AvgIpc) is 3.07. The molecule has 3 rings (SSSR count). The maximum atomic E-state index is 12.6. The maximum Gasteiger partial charge on any atom is 0.263 e. The van der Waals surface area contributed by atoms with Crippen LogP contribution in [0.25, 0.3) is 0 Å². The van der Waals surface area contributed by atoms with Gasteiger partial charge in [0.1, 0.15) is 0 Å². The smallest absolute Gasteiger partial charge is 0.263 e. The zero-order valence-corrected chi connectivity index (χ0v) is 11.3. The molecular formula is C15H19F2N3. The van der Waals surface area contributed by atoms with Gasteiger partial charge in [0.25, 0.3) is 6.43 Å². The van der Waals surface area contributed by atoms with Crippen LogP contribution in [0.5, 0.6) is 0 Å². The van der Waals surface area contributed by atoms with Crippen molar-refractivity contribution in [2.24, 2.45) is 10.7 Å². The van der Waals surface area contributed by atoms with Gasteiger partial charge in [-0.15, -0.1) is 0 Å². The summed E-state index contributed by atoms with van der Waals surface area (Å²) in [4.78, 5) is 6.53. The third-order valence-electron chi connectivity index (χ3n) is 4.32. The van der Waals surface area contributed by atoms with E-state index in [9.17, 15) is 8.78 Å². The summed E-state index contributed by atoms with van der Waals surface area (Å²) in [5, 5.41) is 0. The lowest BCUT2D eigenvalue weighted by atomic mass is 10.0. The summed E-state index contributed by atoms with van der Waals surface area (Å²) in [5.41, 5.74) is 7.10. The predicted molar refractivity (Wildman–Crippen MR) is 74.7 cm³/mol. The molecule has 5 heteroatoms. The second-order valence-corrected chi connectivity index (χ2v) is 5.53. The van der Waals surface area contributed by atoms with E-state index in [0.29, 0.717) is 18.5 Å². The first-order valence-corrected chi connectivity index (χ1v) is 7.13. The average molecular weight is 279 g/mol. The molecule has 1 aliphatic heterocycles. The highest BCUT2D eigenvalue weighted by atomic mass is 19.3. The number of rotatable bonds is 3. The molecule has 1 heterocycles. The zero-order valence-electron chi connectivity index (χ0n) is 11.3. The zero-order chi connectivity index (χ0) is 14.1. The number of aliphatic imine (C=N–C) groups is 1. The Labute approximate surface area is 117 Å². The van der Waals surface area contributed by atoms with Crippen LogP contribution in [0.1, 0.15) is 49.3 Å². The van der Waals surface area contributed by atoms with Gasteiger partial charge in [0.05, 0.1) is 12.6 Å². The molecule has 1 aliphatic carbocycles. The van der Waals surface area contributed by atoms with Crippen LogP contribution in [0.2, 0.25) is 0 Å². The van der Waals surface area contributed by atoms with Gasteiger partial charge in [-0.05, 0) is 18.4 Å². The molecule has 0 spiro atoms. The van der Waals surface area contributed by atoms with Crippen LogP contribution in [-0.4, -0.2) is 23.4 Å². The molecule has 1 unspecified atom stereocenters. The Bertz CT molecular complexity index is 492. The van der Waals surface area contributed by atoms with Crippen molar-refractivity contribution in [2.75, 3.05) is 6.54 Å². The minimum atomic E-state index is -2.42. The molecular weight excluding hydrogens is 260 g/mol. The lowest BCUT2D eigenvalue weighted by Gasteiger charge is -2.32. The molecule has 108 valence electrons. The molecule has 0 bridgehead atoms.